The highest BCUT2D eigenvalue weighted by Gasteiger charge is 2.17. The van der Waals surface area contributed by atoms with Gasteiger partial charge in [0.1, 0.15) is 0 Å². The number of benzene rings is 1. The van der Waals surface area contributed by atoms with Crippen molar-refractivity contribution in [3.8, 4) is 0 Å². The Hall–Kier alpha value is -3.06. The number of hydrogen-bond donors (Lipinski definition) is 1. The quantitative estimate of drug-likeness (QED) is 0.615. The van der Waals surface area contributed by atoms with Crippen LogP contribution in [0.1, 0.15) is 45.1 Å². The van der Waals surface area contributed by atoms with Crippen LogP contribution in [0.3, 0.4) is 0 Å². The zero-order valence-corrected chi connectivity index (χ0v) is 17.8. The van der Waals surface area contributed by atoms with Crippen molar-refractivity contribution in [2.75, 3.05) is 30.4 Å². The smallest absolute Gasteiger partial charge is 0.291 e. The molecular weight excluding hydrogens is 398 g/mol. The Morgan fingerprint density at radius 2 is 1.83 bits per heavy atom. The van der Waals surface area contributed by atoms with Crippen LogP contribution >= 0.6 is 11.3 Å². The van der Waals surface area contributed by atoms with Gasteiger partial charge in [0.2, 0.25) is 0 Å². The van der Waals surface area contributed by atoms with Gasteiger partial charge in [0.25, 0.3) is 11.8 Å². The highest BCUT2D eigenvalue weighted by atomic mass is 32.1. The Bertz CT molecular complexity index is 989. The summed E-state index contributed by atoms with van der Waals surface area (Å²) in [5, 5.41) is 3.37. The van der Waals surface area contributed by atoms with Gasteiger partial charge in [0.05, 0.1) is 16.1 Å². The summed E-state index contributed by atoms with van der Waals surface area (Å²) in [4.78, 5) is 29.6. The van der Waals surface area contributed by atoms with Gasteiger partial charge < -0.3 is 19.5 Å². The van der Waals surface area contributed by atoms with E-state index in [9.17, 15) is 9.59 Å². The lowest BCUT2D eigenvalue weighted by atomic mass is 10.1. The first-order valence-corrected chi connectivity index (χ1v) is 11.0. The van der Waals surface area contributed by atoms with E-state index >= 15 is 0 Å². The van der Waals surface area contributed by atoms with E-state index in [0.29, 0.717) is 16.4 Å². The molecular formula is C23H25N3O3S. The summed E-state index contributed by atoms with van der Waals surface area (Å²) >= 11 is 1.26. The molecule has 6 nitrogen and oxygen atoms in total. The summed E-state index contributed by atoms with van der Waals surface area (Å²) in [6.07, 6.45) is 5.28. The summed E-state index contributed by atoms with van der Waals surface area (Å²) in [5.41, 5.74) is 2.34. The predicted molar refractivity (Wildman–Crippen MR) is 119 cm³/mol. The van der Waals surface area contributed by atoms with Crippen molar-refractivity contribution >= 4 is 33.8 Å². The molecule has 0 aliphatic carbocycles. The molecule has 0 bridgehead atoms. The van der Waals surface area contributed by atoms with E-state index < -0.39 is 0 Å². The molecule has 1 saturated heterocycles. The Kier molecular flexibility index (Phi) is 6.18. The first-order chi connectivity index (χ1) is 14.6. The number of amides is 2. The molecule has 4 rings (SSSR count). The first kappa shape index (κ1) is 20.2. The molecule has 30 heavy (non-hydrogen) atoms. The molecule has 0 atom stereocenters. The lowest BCUT2D eigenvalue weighted by molar-refractivity contribution is 0.0789. The molecule has 1 aliphatic heterocycles. The number of nitrogens with zero attached hydrogens (tertiary/aromatic N) is 2. The number of furan rings is 1. The zero-order chi connectivity index (χ0) is 20.9. The van der Waals surface area contributed by atoms with E-state index in [1.54, 1.807) is 36.2 Å². The zero-order valence-electron chi connectivity index (χ0n) is 17.0. The van der Waals surface area contributed by atoms with Crippen LogP contribution in [-0.2, 0) is 6.54 Å². The Morgan fingerprint density at radius 1 is 1.07 bits per heavy atom. The van der Waals surface area contributed by atoms with Crippen LogP contribution in [0.15, 0.2) is 59.2 Å². The third kappa shape index (κ3) is 4.74. The molecule has 1 aromatic carbocycles. The van der Waals surface area contributed by atoms with Gasteiger partial charge in [0.15, 0.2) is 5.76 Å². The number of carbonyl (C=O) groups is 2. The molecule has 0 spiro atoms. The van der Waals surface area contributed by atoms with Crippen LogP contribution in [0.4, 0.5) is 10.7 Å². The molecule has 1 fully saturated rings. The highest BCUT2D eigenvalue weighted by molar-refractivity contribution is 7.18. The second-order valence-corrected chi connectivity index (χ2v) is 8.55. The molecule has 1 aliphatic rings. The maximum absolute atomic E-state index is 12.8. The summed E-state index contributed by atoms with van der Waals surface area (Å²) < 4.78 is 5.09. The van der Waals surface area contributed by atoms with Crippen LogP contribution in [0, 0.1) is 0 Å². The molecule has 0 radical (unpaired) electrons. The summed E-state index contributed by atoms with van der Waals surface area (Å²) in [6, 6.07) is 15.2. The molecule has 0 unspecified atom stereocenters. The van der Waals surface area contributed by atoms with Crippen molar-refractivity contribution in [2.45, 2.75) is 25.8 Å². The van der Waals surface area contributed by atoms with Crippen molar-refractivity contribution in [3.63, 3.8) is 0 Å². The van der Waals surface area contributed by atoms with Gasteiger partial charge in [-0.2, -0.15) is 0 Å². The third-order valence-electron chi connectivity index (χ3n) is 5.22. The van der Waals surface area contributed by atoms with Gasteiger partial charge in [0, 0.05) is 32.4 Å². The number of anilines is 2. The minimum absolute atomic E-state index is 0.0707. The average Bonchev–Trinajstić information content (AvgIpc) is 3.47. The number of piperidine rings is 1. The van der Waals surface area contributed by atoms with Gasteiger partial charge >= 0.3 is 0 Å². The van der Waals surface area contributed by atoms with Crippen LogP contribution in [-0.4, -0.2) is 36.9 Å². The monoisotopic (exact) mass is 423 g/mol. The molecule has 3 aromatic rings. The molecule has 7 heteroatoms. The molecule has 0 saturated carbocycles. The topological polar surface area (TPSA) is 65.8 Å². The van der Waals surface area contributed by atoms with Gasteiger partial charge in [-0.3, -0.25) is 9.59 Å². The average molecular weight is 424 g/mol. The summed E-state index contributed by atoms with van der Waals surface area (Å²) in [6.45, 7) is 2.77. The molecule has 156 valence electrons. The SMILES string of the molecule is CN(Cc1ccc(N2CCCCC2)cc1)C(=O)c1ccc(NC(=O)c2ccco2)s1. The Morgan fingerprint density at radius 3 is 2.53 bits per heavy atom. The second kappa shape index (κ2) is 9.17. The third-order valence-corrected chi connectivity index (χ3v) is 6.21. The normalized spacial score (nSPS) is 13.8. The molecule has 2 amide bonds. The largest absolute Gasteiger partial charge is 0.459 e. The van der Waals surface area contributed by atoms with Gasteiger partial charge in [-0.05, 0) is 61.2 Å². The predicted octanol–water partition coefficient (Wildman–Crippen LogP) is 4.86. The van der Waals surface area contributed by atoms with Crippen LogP contribution < -0.4 is 10.2 Å². The van der Waals surface area contributed by atoms with Crippen molar-refractivity contribution < 1.29 is 14.0 Å². The number of rotatable bonds is 6. The van der Waals surface area contributed by atoms with Gasteiger partial charge in [-0.25, -0.2) is 0 Å². The maximum Gasteiger partial charge on any atom is 0.291 e. The summed E-state index contributed by atoms with van der Waals surface area (Å²) in [7, 11) is 1.79. The van der Waals surface area contributed by atoms with Gasteiger partial charge in [-0.15, -0.1) is 11.3 Å². The van der Waals surface area contributed by atoms with Crippen LogP contribution in [0.5, 0.6) is 0 Å². The molecule has 3 heterocycles. The number of thiophene rings is 1. The number of carbonyl (C=O) groups excluding carboxylic acids is 2. The first-order valence-electron chi connectivity index (χ1n) is 10.1. The number of hydrogen-bond acceptors (Lipinski definition) is 5. The fourth-order valence-electron chi connectivity index (χ4n) is 3.60. The molecule has 2 aromatic heterocycles. The van der Waals surface area contributed by atoms with E-state index in [-0.39, 0.29) is 17.6 Å². The van der Waals surface area contributed by atoms with E-state index in [2.05, 4.69) is 34.5 Å². The van der Waals surface area contributed by atoms with Crippen molar-refractivity contribution in [1.82, 2.24) is 4.90 Å². The fourth-order valence-corrected chi connectivity index (χ4v) is 4.50. The molecule has 1 N–H and O–H groups in total. The highest BCUT2D eigenvalue weighted by Crippen LogP contribution is 2.25. The second-order valence-electron chi connectivity index (χ2n) is 7.47. The van der Waals surface area contributed by atoms with Crippen LogP contribution in [0.2, 0.25) is 0 Å². The van der Waals surface area contributed by atoms with E-state index in [0.717, 1.165) is 18.7 Å². The van der Waals surface area contributed by atoms with Crippen molar-refractivity contribution in [1.29, 1.82) is 0 Å². The fraction of sp³-hybridized carbons (Fsp3) is 0.304. The van der Waals surface area contributed by atoms with E-state index in [1.165, 1.54) is 42.5 Å². The maximum atomic E-state index is 12.8. The lowest BCUT2D eigenvalue weighted by Crippen LogP contribution is -2.29. The minimum Gasteiger partial charge on any atom is -0.459 e. The standard InChI is InChI=1S/C23H25N3O3S/c1-25(16-17-7-9-18(10-8-17)26-13-3-2-4-14-26)23(28)20-11-12-21(30-20)24-22(27)19-6-5-15-29-19/h5-12,15H,2-4,13-14,16H2,1H3,(H,24,27). The summed E-state index contributed by atoms with van der Waals surface area (Å²) in [5.74, 6) is -0.164. The minimum atomic E-state index is -0.331. The Balaban J connectivity index is 1.34. The van der Waals surface area contributed by atoms with Crippen molar-refractivity contribution in [3.05, 3.63) is 71.0 Å². The lowest BCUT2D eigenvalue weighted by Gasteiger charge is -2.29. The van der Waals surface area contributed by atoms with E-state index in [4.69, 9.17) is 4.42 Å². The van der Waals surface area contributed by atoms with Crippen LogP contribution in [0.25, 0.3) is 0 Å². The van der Waals surface area contributed by atoms with Gasteiger partial charge in [-0.1, -0.05) is 12.1 Å². The Labute approximate surface area is 180 Å². The van der Waals surface area contributed by atoms with E-state index in [1.807, 2.05) is 0 Å². The van der Waals surface area contributed by atoms with Crippen molar-refractivity contribution in [2.24, 2.45) is 0 Å². The number of nitrogens with one attached hydrogen (secondary N) is 1.